The van der Waals surface area contributed by atoms with E-state index >= 15 is 0 Å². The standard InChI is InChI=1S/C23H26Cl2N2O5/c1-15(16-2-4-17(5-3-16)21(28)29)27-22(30)23(8-11-31-12-9-23)26-10-13-32-18-6-7-19(24)20(25)14-18/h2-7,14-15,26H,8-13H2,1H3,(H,27,30)(H,28,29). The summed E-state index contributed by atoms with van der Waals surface area (Å²) in [7, 11) is 0. The summed E-state index contributed by atoms with van der Waals surface area (Å²) in [6.45, 7) is 3.63. The molecule has 3 rings (SSSR count). The highest BCUT2D eigenvalue weighted by Gasteiger charge is 2.40. The number of aromatic carboxylic acids is 1. The van der Waals surface area contributed by atoms with Crippen molar-refractivity contribution >= 4 is 35.1 Å². The third kappa shape index (κ3) is 6.13. The molecule has 0 bridgehead atoms. The van der Waals surface area contributed by atoms with Crippen LogP contribution in [0.3, 0.4) is 0 Å². The second kappa shape index (κ2) is 11.0. The minimum Gasteiger partial charge on any atom is -0.492 e. The molecule has 0 radical (unpaired) electrons. The molecule has 1 saturated heterocycles. The van der Waals surface area contributed by atoms with Gasteiger partial charge in [-0.25, -0.2) is 4.79 Å². The zero-order chi connectivity index (χ0) is 23.1. The van der Waals surface area contributed by atoms with Gasteiger partial charge in [0.15, 0.2) is 0 Å². The molecule has 32 heavy (non-hydrogen) atoms. The zero-order valence-corrected chi connectivity index (χ0v) is 19.2. The Morgan fingerprint density at radius 1 is 1.12 bits per heavy atom. The summed E-state index contributed by atoms with van der Waals surface area (Å²) in [4.78, 5) is 24.3. The molecular formula is C23H26Cl2N2O5. The van der Waals surface area contributed by atoms with Crippen LogP contribution in [0.25, 0.3) is 0 Å². The van der Waals surface area contributed by atoms with Crippen molar-refractivity contribution in [3.8, 4) is 5.75 Å². The van der Waals surface area contributed by atoms with Crippen LogP contribution in [0.15, 0.2) is 42.5 Å². The first-order valence-corrected chi connectivity index (χ1v) is 11.1. The summed E-state index contributed by atoms with van der Waals surface area (Å²) in [5.74, 6) is -0.503. The molecule has 172 valence electrons. The summed E-state index contributed by atoms with van der Waals surface area (Å²) in [6, 6.07) is 11.3. The van der Waals surface area contributed by atoms with Crippen LogP contribution >= 0.6 is 23.2 Å². The van der Waals surface area contributed by atoms with Gasteiger partial charge in [-0.1, -0.05) is 35.3 Å². The monoisotopic (exact) mass is 480 g/mol. The Morgan fingerprint density at radius 2 is 1.81 bits per heavy atom. The van der Waals surface area contributed by atoms with Crippen molar-refractivity contribution in [2.24, 2.45) is 0 Å². The zero-order valence-electron chi connectivity index (χ0n) is 17.7. The fourth-order valence-electron chi connectivity index (χ4n) is 3.56. The first-order chi connectivity index (χ1) is 15.3. The summed E-state index contributed by atoms with van der Waals surface area (Å²) < 4.78 is 11.2. The number of carbonyl (C=O) groups is 2. The SMILES string of the molecule is CC(NC(=O)C1(NCCOc2ccc(Cl)c(Cl)c2)CCOCC1)c1ccc(C(=O)O)cc1. The Hall–Kier alpha value is -2.32. The van der Waals surface area contributed by atoms with Gasteiger partial charge in [0, 0.05) is 25.8 Å². The van der Waals surface area contributed by atoms with Crippen LogP contribution in [0, 0.1) is 0 Å². The van der Waals surface area contributed by atoms with Crippen LogP contribution in [0.2, 0.25) is 10.0 Å². The average molecular weight is 481 g/mol. The van der Waals surface area contributed by atoms with Gasteiger partial charge in [-0.15, -0.1) is 0 Å². The van der Waals surface area contributed by atoms with Crippen molar-refractivity contribution in [1.29, 1.82) is 0 Å². The fourth-order valence-corrected chi connectivity index (χ4v) is 3.85. The maximum absolute atomic E-state index is 13.2. The molecular weight excluding hydrogens is 455 g/mol. The van der Waals surface area contributed by atoms with Gasteiger partial charge in [0.2, 0.25) is 5.91 Å². The molecule has 2 aromatic carbocycles. The predicted octanol–water partition coefficient (Wildman–Crippen LogP) is 4.09. The molecule has 2 aromatic rings. The van der Waals surface area contributed by atoms with E-state index in [2.05, 4.69) is 10.6 Å². The maximum Gasteiger partial charge on any atom is 0.335 e. The van der Waals surface area contributed by atoms with Gasteiger partial charge in [-0.2, -0.15) is 0 Å². The van der Waals surface area contributed by atoms with E-state index in [0.717, 1.165) is 5.56 Å². The van der Waals surface area contributed by atoms with E-state index in [1.165, 1.54) is 12.1 Å². The lowest BCUT2D eigenvalue weighted by atomic mass is 9.88. The van der Waals surface area contributed by atoms with Gasteiger partial charge >= 0.3 is 5.97 Å². The Kier molecular flexibility index (Phi) is 8.37. The largest absolute Gasteiger partial charge is 0.492 e. The Balaban J connectivity index is 1.59. The van der Waals surface area contributed by atoms with Gasteiger partial charge in [-0.05, 0) is 49.6 Å². The third-order valence-corrected chi connectivity index (χ3v) is 6.25. The number of hydrogen-bond donors (Lipinski definition) is 3. The minimum absolute atomic E-state index is 0.120. The van der Waals surface area contributed by atoms with Gasteiger partial charge < -0.3 is 19.9 Å². The Morgan fingerprint density at radius 3 is 2.44 bits per heavy atom. The van der Waals surface area contributed by atoms with Crippen molar-refractivity contribution in [3.05, 3.63) is 63.6 Å². The number of nitrogens with one attached hydrogen (secondary N) is 2. The number of benzene rings is 2. The lowest BCUT2D eigenvalue weighted by molar-refractivity contribution is -0.132. The van der Waals surface area contributed by atoms with Crippen molar-refractivity contribution in [2.45, 2.75) is 31.3 Å². The van der Waals surface area contributed by atoms with E-state index in [0.29, 0.717) is 55.0 Å². The highest BCUT2D eigenvalue weighted by atomic mass is 35.5. The topological polar surface area (TPSA) is 96.9 Å². The first-order valence-electron chi connectivity index (χ1n) is 10.4. The average Bonchev–Trinajstić information content (AvgIpc) is 2.79. The molecule has 1 aliphatic heterocycles. The summed E-state index contributed by atoms with van der Waals surface area (Å²) in [5, 5.41) is 16.3. The van der Waals surface area contributed by atoms with Gasteiger partial charge in [0.05, 0.1) is 21.7 Å². The molecule has 0 aromatic heterocycles. The lowest BCUT2D eigenvalue weighted by Gasteiger charge is -2.37. The summed E-state index contributed by atoms with van der Waals surface area (Å²) >= 11 is 11.9. The van der Waals surface area contributed by atoms with Crippen LogP contribution in [0.5, 0.6) is 5.75 Å². The summed E-state index contributed by atoms with van der Waals surface area (Å²) in [6.07, 6.45) is 1.08. The first kappa shape index (κ1) is 24.3. The predicted molar refractivity (Wildman–Crippen MR) is 123 cm³/mol. The number of hydrogen-bond acceptors (Lipinski definition) is 5. The van der Waals surface area contributed by atoms with Crippen LogP contribution < -0.4 is 15.4 Å². The van der Waals surface area contributed by atoms with Crippen LogP contribution in [0.4, 0.5) is 0 Å². The number of carboxylic acids is 1. The lowest BCUT2D eigenvalue weighted by Crippen LogP contribution is -2.60. The number of amides is 1. The molecule has 1 aliphatic rings. The van der Waals surface area contributed by atoms with Crippen molar-refractivity contribution in [2.75, 3.05) is 26.4 Å². The molecule has 1 atom stereocenters. The van der Waals surface area contributed by atoms with Crippen molar-refractivity contribution < 1.29 is 24.2 Å². The Labute approximate surface area is 197 Å². The van der Waals surface area contributed by atoms with Gasteiger partial charge in [-0.3, -0.25) is 10.1 Å². The van der Waals surface area contributed by atoms with E-state index in [9.17, 15) is 9.59 Å². The molecule has 1 unspecified atom stereocenters. The number of rotatable bonds is 9. The molecule has 3 N–H and O–H groups in total. The normalized spacial score (nSPS) is 16.2. The van der Waals surface area contributed by atoms with Crippen molar-refractivity contribution in [3.63, 3.8) is 0 Å². The molecule has 7 nitrogen and oxygen atoms in total. The number of ether oxygens (including phenoxy) is 2. The second-order valence-corrected chi connectivity index (χ2v) is 8.48. The van der Waals surface area contributed by atoms with Crippen molar-refractivity contribution in [1.82, 2.24) is 10.6 Å². The molecule has 9 heteroatoms. The molecule has 1 heterocycles. The number of halogens is 2. The minimum atomic E-state index is -0.985. The maximum atomic E-state index is 13.2. The fraction of sp³-hybridized carbons (Fsp3) is 0.391. The smallest absolute Gasteiger partial charge is 0.335 e. The van der Waals surface area contributed by atoms with E-state index in [4.69, 9.17) is 37.8 Å². The van der Waals surface area contributed by atoms with E-state index in [1.807, 2.05) is 6.92 Å². The molecule has 0 aliphatic carbocycles. The quantitative estimate of drug-likeness (QED) is 0.467. The molecule has 0 spiro atoms. The highest BCUT2D eigenvalue weighted by molar-refractivity contribution is 6.42. The van der Waals surface area contributed by atoms with Gasteiger partial charge in [0.1, 0.15) is 17.9 Å². The van der Waals surface area contributed by atoms with Gasteiger partial charge in [0.25, 0.3) is 0 Å². The number of carbonyl (C=O) groups excluding carboxylic acids is 1. The second-order valence-electron chi connectivity index (χ2n) is 7.67. The molecule has 0 saturated carbocycles. The highest BCUT2D eigenvalue weighted by Crippen LogP contribution is 2.26. The van der Waals surface area contributed by atoms with Crippen LogP contribution in [-0.2, 0) is 9.53 Å². The van der Waals surface area contributed by atoms with E-state index < -0.39 is 11.5 Å². The summed E-state index contributed by atoms with van der Waals surface area (Å²) in [5.41, 5.74) is 0.263. The van der Waals surface area contributed by atoms with E-state index in [1.54, 1.807) is 30.3 Å². The van der Waals surface area contributed by atoms with Crippen LogP contribution in [0.1, 0.15) is 41.7 Å². The third-order valence-electron chi connectivity index (χ3n) is 5.51. The van der Waals surface area contributed by atoms with Crippen LogP contribution in [-0.4, -0.2) is 48.9 Å². The molecule has 1 amide bonds. The Bertz CT molecular complexity index is 946. The van der Waals surface area contributed by atoms with E-state index in [-0.39, 0.29) is 17.5 Å². The molecule has 1 fully saturated rings. The number of carboxylic acid groups (broad SMARTS) is 1.